The van der Waals surface area contributed by atoms with Crippen LogP contribution >= 0.6 is 0 Å². The van der Waals surface area contributed by atoms with E-state index in [2.05, 4.69) is 25.4 Å². The molecule has 1 atom stereocenters. The SMILES string of the molecule is CCCC(C)(BNS(=O)(=O)c1cccc2ccccc12)CC. The summed E-state index contributed by atoms with van der Waals surface area (Å²) in [5.41, 5.74) is 0. The average Bonchev–Trinajstić information content (AvgIpc) is 2.53. The molecule has 0 saturated heterocycles. The molecule has 0 fully saturated rings. The van der Waals surface area contributed by atoms with Crippen LogP contribution in [0.25, 0.3) is 10.8 Å². The molecule has 0 heterocycles. The van der Waals surface area contributed by atoms with Gasteiger partial charge in [-0.15, -0.1) is 0 Å². The second-order valence-electron chi connectivity index (χ2n) is 6.22. The molecule has 2 aromatic carbocycles. The van der Waals surface area contributed by atoms with Crippen LogP contribution in [0.5, 0.6) is 0 Å². The Labute approximate surface area is 134 Å². The summed E-state index contributed by atoms with van der Waals surface area (Å²) in [6.07, 6.45) is 3.03. The highest BCUT2D eigenvalue weighted by Crippen LogP contribution is 2.33. The van der Waals surface area contributed by atoms with Gasteiger partial charge in [-0.25, -0.2) is 8.42 Å². The van der Waals surface area contributed by atoms with E-state index in [4.69, 9.17) is 0 Å². The van der Waals surface area contributed by atoms with Crippen LogP contribution in [0, 0.1) is 0 Å². The Hall–Kier alpha value is -1.33. The third kappa shape index (κ3) is 3.71. The van der Waals surface area contributed by atoms with Crippen molar-refractivity contribution in [1.82, 2.24) is 4.63 Å². The first-order valence-electron chi connectivity index (χ1n) is 7.89. The fourth-order valence-electron chi connectivity index (χ4n) is 2.77. The van der Waals surface area contributed by atoms with E-state index in [-0.39, 0.29) is 5.31 Å². The molecular weight excluding hydrogens is 293 g/mol. The fraction of sp³-hybridized carbons (Fsp3) is 0.412. The molecule has 0 aliphatic rings. The van der Waals surface area contributed by atoms with Crippen molar-refractivity contribution in [3.8, 4) is 0 Å². The van der Waals surface area contributed by atoms with Gasteiger partial charge < -0.3 is 0 Å². The van der Waals surface area contributed by atoms with Crippen molar-refractivity contribution in [2.45, 2.75) is 50.2 Å². The number of sulfonamides is 1. The minimum absolute atomic E-state index is 0.00635. The maximum atomic E-state index is 12.7. The zero-order chi connectivity index (χ0) is 16.2. The molecule has 0 bridgehead atoms. The van der Waals surface area contributed by atoms with Gasteiger partial charge in [-0.1, -0.05) is 76.4 Å². The summed E-state index contributed by atoms with van der Waals surface area (Å²) in [5.74, 6) is 0. The molecule has 118 valence electrons. The molecule has 0 radical (unpaired) electrons. The third-order valence-corrected chi connectivity index (χ3v) is 5.89. The molecule has 1 N–H and O–H groups in total. The van der Waals surface area contributed by atoms with Crippen LogP contribution in [-0.4, -0.2) is 15.8 Å². The Kier molecular flexibility index (Phi) is 5.30. The van der Waals surface area contributed by atoms with E-state index in [0.717, 1.165) is 30.0 Å². The molecule has 1 unspecified atom stereocenters. The van der Waals surface area contributed by atoms with E-state index in [1.54, 1.807) is 12.1 Å². The lowest BCUT2D eigenvalue weighted by Crippen LogP contribution is -2.35. The molecule has 0 saturated carbocycles. The van der Waals surface area contributed by atoms with Crippen LogP contribution in [0.1, 0.15) is 40.0 Å². The predicted octanol–water partition coefficient (Wildman–Crippen LogP) is 3.86. The van der Waals surface area contributed by atoms with Crippen molar-refractivity contribution >= 4 is 28.2 Å². The largest absolute Gasteiger partial charge is 0.254 e. The van der Waals surface area contributed by atoms with Gasteiger partial charge in [-0.05, 0) is 16.8 Å². The molecule has 0 aromatic heterocycles. The topological polar surface area (TPSA) is 46.2 Å². The van der Waals surface area contributed by atoms with Gasteiger partial charge in [0.05, 0.1) is 4.90 Å². The summed E-state index contributed by atoms with van der Waals surface area (Å²) in [7, 11) is -3.02. The second-order valence-corrected chi connectivity index (χ2v) is 7.95. The number of fused-ring (bicyclic) bond motifs is 1. The zero-order valence-corrected chi connectivity index (χ0v) is 14.4. The average molecular weight is 317 g/mol. The first-order valence-corrected chi connectivity index (χ1v) is 9.37. The van der Waals surface area contributed by atoms with E-state index in [1.165, 1.54) is 0 Å². The van der Waals surface area contributed by atoms with E-state index >= 15 is 0 Å². The Morgan fingerprint density at radius 1 is 1.09 bits per heavy atom. The van der Waals surface area contributed by atoms with Gasteiger partial charge >= 0.3 is 0 Å². The van der Waals surface area contributed by atoms with Crippen LogP contribution in [0.2, 0.25) is 5.31 Å². The van der Waals surface area contributed by atoms with E-state index in [9.17, 15) is 8.42 Å². The minimum Gasteiger partial charge on any atom is -0.254 e. The van der Waals surface area contributed by atoms with Gasteiger partial charge in [0.15, 0.2) is 0 Å². The maximum absolute atomic E-state index is 12.7. The first-order chi connectivity index (χ1) is 10.4. The Morgan fingerprint density at radius 2 is 1.77 bits per heavy atom. The lowest BCUT2D eigenvalue weighted by Gasteiger charge is -2.26. The van der Waals surface area contributed by atoms with Gasteiger partial charge in [0, 0.05) is 5.39 Å². The summed E-state index contributed by atoms with van der Waals surface area (Å²) >= 11 is 0. The number of hydrogen-bond acceptors (Lipinski definition) is 2. The third-order valence-electron chi connectivity index (χ3n) is 4.44. The highest BCUT2D eigenvalue weighted by atomic mass is 32.2. The summed E-state index contributed by atoms with van der Waals surface area (Å²) in [4.78, 5) is 0.362. The van der Waals surface area contributed by atoms with Gasteiger partial charge in [-0.2, -0.15) is 0 Å². The van der Waals surface area contributed by atoms with Crippen molar-refractivity contribution < 1.29 is 8.42 Å². The van der Waals surface area contributed by atoms with Gasteiger partial charge in [0.25, 0.3) is 0 Å². The van der Waals surface area contributed by atoms with Gasteiger partial charge in [0.1, 0.15) is 0 Å². The Balaban J connectivity index is 2.30. The second kappa shape index (κ2) is 6.84. The zero-order valence-electron chi connectivity index (χ0n) is 13.6. The molecule has 0 aliphatic carbocycles. The smallest absolute Gasteiger partial charge is 0.231 e. The van der Waals surface area contributed by atoms with Crippen molar-refractivity contribution in [2.24, 2.45) is 0 Å². The number of benzene rings is 2. The highest BCUT2D eigenvalue weighted by molar-refractivity contribution is 7.90. The summed E-state index contributed by atoms with van der Waals surface area (Å²) < 4.78 is 28.2. The standard InChI is InChI=1S/C17H24BNO2S/c1-4-13-17(3,5-2)18-19-22(20,21)16-12-8-10-14-9-6-7-11-15(14)16/h6-12,18-19H,4-5,13H2,1-3H3. The quantitative estimate of drug-likeness (QED) is 0.788. The minimum atomic E-state index is -3.50. The molecule has 0 aliphatic heterocycles. The van der Waals surface area contributed by atoms with E-state index < -0.39 is 10.0 Å². The monoisotopic (exact) mass is 317 g/mol. The fourth-order valence-corrected chi connectivity index (χ4v) is 4.20. The molecule has 2 rings (SSSR count). The van der Waals surface area contributed by atoms with E-state index in [1.807, 2.05) is 30.3 Å². The summed E-state index contributed by atoms with van der Waals surface area (Å²) in [5, 5.41) is 1.72. The van der Waals surface area contributed by atoms with E-state index in [0.29, 0.717) is 12.3 Å². The molecule has 0 spiro atoms. The van der Waals surface area contributed by atoms with Crippen molar-refractivity contribution in [3.05, 3.63) is 42.5 Å². The molecule has 5 heteroatoms. The van der Waals surface area contributed by atoms with Crippen LogP contribution in [0.15, 0.2) is 47.4 Å². The lowest BCUT2D eigenvalue weighted by atomic mass is 9.59. The molecular formula is C17H24BNO2S. The van der Waals surface area contributed by atoms with Crippen LogP contribution < -0.4 is 4.63 Å². The van der Waals surface area contributed by atoms with Gasteiger partial charge in [-0.3, -0.25) is 4.63 Å². The molecule has 0 amide bonds. The molecule has 22 heavy (non-hydrogen) atoms. The predicted molar refractivity (Wildman–Crippen MR) is 95.0 cm³/mol. The summed E-state index contributed by atoms with van der Waals surface area (Å²) in [6.45, 7) is 6.39. The van der Waals surface area contributed by atoms with Crippen molar-refractivity contribution in [3.63, 3.8) is 0 Å². The van der Waals surface area contributed by atoms with Crippen LogP contribution in [0.4, 0.5) is 0 Å². The molecule has 2 aromatic rings. The first kappa shape index (κ1) is 17.0. The maximum Gasteiger partial charge on any atom is 0.231 e. The normalized spacial score (nSPS) is 14.7. The Bertz CT molecular complexity index is 740. The van der Waals surface area contributed by atoms with Crippen LogP contribution in [0.3, 0.4) is 0 Å². The lowest BCUT2D eigenvalue weighted by molar-refractivity contribution is 0.521. The number of rotatable bonds is 7. The number of hydrogen-bond donors (Lipinski definition) is 1. The molecule has 3 nitrogen and oxygen atoms in total. The highest BCUT2D eigenvalue weighted by Gasteiger charge is 2.27. The Morgan fingerprint density at radius 3 is 2.45 bits per heavy atom. The van der Waals surface area contributed by atoms with Crippen LogP contribution in [-0.2, 0) is 10.0 Å². The van der Waals surface area contributed by atoms with Crippen molar-refractivity contribution in [2.75, 3.05) is 0 Å². The van der Waals surface area contributed by atoms with Crippen molar-refractivity contribution in [1.29, 1.82) is 0 Å². The van der Waals surface area contributed by atoms with Gasteiger partial charge in [0.2, 0.25) is 17.4 Å². The summed E-state index contributed by atoms with van der Waals surface area (Å²) in [6, 6.07) is 13.0. The number of nitrogens with one attached hydrogen (secondary N) is 1.